The minimum Gasteiger partial charge on any atom is -0.390 e. The molecule has 0 atom stereocenters. The standard InChI is InChI=1S/C38H36O6P2/c1-37(2,3)29-23-30(38(4,5)6)36(44-46-41-33-21-13-9-17-27(33)28-18-10-14-22-34(28)42-46)24-35(29)43-45-39-31-19-11-7-15-25(31)26-16-8-12-20-32(26)40-45/h7-24H,1-6H3. The summed E-state index contributed by atoms with van der Waals surface area (Å²) in [7, 11) is -3.73. The summed E-state index contributed by atoms with van der Waals surface area (Å²) in [4.78, 5) is 0. The van der Waals surface area contributed by atoms with Gasteiger partial charge < -0.3 is 25.8 Å². The Kier molecular flexibility index (Phi) is 7.67. The van der Waals surface area contributed by atoms with Crippen LogP contribution in [0.3, 0.4) is 0 Å². The Bertz CT molecular complexity index is 2030. The van der Waals surface area contributed by atoms with Gasteiger partial charge in [-0.3, -0.25) is 0 Å². The van der Waals surface area contributed by atoms with E-state index in [4.69, 9.17) is 25.8 Å². The third-order valence-corrected chi connectivity index (χ3v) is 9.94. The van der Waals surface area contributed by atoms with E-state index in [1.54, 1.807) is 0 Å². The lowest BCUT2D eigenvalue weighted by Crippen LogP contribution is -2.18. The van der Waals surface area contributed by atoms with Gasteiger partial charge in [-0.15, -0.1) is 0 Å². The topological polar surface area (TPSA) is 71.0 Å². The van der Waals surface area contributed by atoms with Gasteiger partial charge in [0.15, 0.2) is 0 Å². The van der Waals surface area contributed by atoms with Gasteiger partial charge in [0.1, 0.15) is 33.8 Å². The van der Waals surface area contributed by atoms with E-state index in [0.717, 1.165) is 32.7 Å². The maximum absolute atomic E-state index is 6.71. The van der Waals surface area contributed by atoms with Crippen LogP contribution in [0.4, 0.5) is 0 Å². The van der Waals surface area contributed by atoms with Crippen LogP contribution in [-0.2, 0) is 10.8 Å². The molecule has 0 unspecified atom stereocenters. The summed E-state index contributed by atoms with van der Waals surface area (Å²) in [5.74, 6) is 1.23. The lowest BCUT2D eigenvalue weighted by atomic mass is 9.80. The van der Waals surface area contributed by atoms with Crippen molar-refractivity contribution in [3.8, 4) is 11.5 Å². The molecule has 0 N–H and O–H groups in total. The van der Waals surface area contributed by atoms with Gasteiger partial charge in [-0.05, 0) is 41.2 Å². The molecule has 0 aliphatic rings. The first kappa shape index (κ1) is 30.2. The summed E-state index contributed by atoms with van der Waals surface area (Å²) in [6.45, 7) is 13.0. The van der Waals surface area contributed by atoms with Gasteiger partial charge >= 0.3 is 16.5 Å². The van der Waals surface area contributed by atoms with Crippen LogP contribution in [0.2, 0.25) is 0 Å². The largest absolute Gasteiger partial charge is 0.453 e. The van der Waals surface area contributed by atoms with Crippen LogP contribution < -0.4 is 9.05 Å². The molecule has 6 nitrogen and oxygen atoms in total. The highest BCUT2D eigenvalue weighted by molar-refractivity contribution is 7.32. The predicted octanol–water partition coefficient (Wildman–Crippen LogP) is 13.2. The number of para-hydroxylation sites is 4. The Labute approximate surface area is 269 Å². The van der Waals surface area contributed by atoms with Crippen molar-refractivity contribution in [3.05, 3.63) is 120 Å². The minimum absolute atomic E-state index is 0.261. The molecule has 46 heavy (non-hydrogen) atoms. The highest BCUT2D eigenvalue weighted by Gasteiger charge is 2.29. The Morgan fingerprint density at radius 1 is 0.413 bits per heavy atom. The first-order valence-corrected chi connectivity index (χ1v) is 17.5. The predicted molar refractivity (Wildman–Crippen MR) is 189 cm³/mol. The van der Waals surface area contributed by atoms with E-state index in [1.165, 1.54) is 0 Å². The van der Waals surface area contributed by atoms with Crippen molar-refractivity contribution in [3.63, 3.8) is 0 Å². The molecule has 0 bridgehead atoms. The second kappa shape index (κ2) is 11.7. The monoisotopic (exact) mass is 650 g/mol. The van der Waals surface area contributed by atoms with Crippen LogP contribution in [0, 0.1) is 0 Å². The van der Waals surface area contributed by atoms with Gasteiger partial charge in [-0.25, -0.2) is 0 Å². The van der Waals surface area contributed by atoms with Crippen molar-refractivity contribution in [2.24, 2.45) is 0 Å². The lowest BCUT2D eigenvalue weighted by molar-refractivity contribution is 0.458. The van der Waals surface area contributed by atoms with Crippen LogP contribution in [0.15, 0.2) is 126 Å². The number of fused-ring (bicyclic) bond motifs is 6. The van der Waals surface area contributed by atoms with Gasteiger partial charge in [0.25, 0.3) is 0 Å². The molecule has 8 heteroatoms. The lowest BCUT2D eigenvalue weighted by Gasteiger charge is -2.28. The number of hydrogen-bond acceptors (Lipinski definition) is 6. The van der Waals surface area contributed by atoms with Crippen LogP contribution in [0.5, 0.6) is 11.5 Å². The Morgan fingerprint density at radius 3 is 0.978 bits per heavy atom. The summed E-state index contributed by atoms with van der Waals surface area (Å²) in [6, 6.07) is 35.8. The SMILES string of the molecule is CC(C)(C)c1cc(C(C)(C)C)c(Op2oc3ccccc3c3ccccc3o2)cc1Op1oc2ccccc2c2ccccc2o1. The van der Waals surface area contributed by atoms with Gasteiger partial charge in [0.05, 0.1) is 0 Å². The first-order chi connectivity index (χ1) is 22.0. The zero-order valence-electron chi connectivity index (χ0n) is 26.7. The minimum atomic E-state index is -1.87. The number of hydrogen-bond donors (Lipinski definition) is 0. The maximum atomic E-state index is 6.71. The maximum Gasteiger partial charge on any atom is 0.453 e. The van der Waals surface area contributed by atoms with Crippen LogP contribution in [-0.4, -0.2) is 0 Å². The third kappa shape index (κ3) is 5.91. The van der Waals surface area contributed by atoms with Gasteiger partial charge in [-0.1, -0.05) is 114 Å². The fraction of sp³-hybridized carbons (Fsp3) is 0.211. The molecule has 0 radical (unpaired) electrons. The zero-order chi connectivity index (χ0) is 32.1. The van der Waals surface area contributed by atoms with E-state index >= 15 is 0 Å². The van der Waals surface area contributed by atoms with Crippen molar-refractivity contribution >= 4 is 60.4 Å². The molecule has 0 spiro atoms. The van der Waals surface area contributed by atoms with E-state index in [9.17, 15) is 0 Å². The Morgan fingerprint density at radius 2 is 0.696 bits per heavy atom. The summed E-state index contributed by atoms with van der Waals surface area (Å²) in [6.07, 6.45) is 0. The molecule has 7 rings (SSSR count). The molecule has 2 heterocycles. The molecular formula is C38H36O6P2. The molecule has 234 valence electrons. The van der Waals surface area contributed by atoms with Crippen LogP contribution >= 0.6 is 16.5 Å². The van der Waals surface area contributed by atoms with E-state index in [-0.39, 0.29) is 10.8 Å². The Hall–Kier alpha value is -4.50. The smallest absolute Gasteiger partial charge is 0.390 e. The molecule has 2 aromatic heterocycles. The highest BCUT2D eigenvalue weighted by Crippen LogP contribution is 2.48. The van der Waals surface area contributed by atoms with Crippen molar-refractivity contribution < 1.29 is 25.8 Å². The summed E-state index contributed by atoms with van der Waals surface area (Å²) >= 11 is 0. The molecular weight excluding hydrogens is 614 g/mol. The number of benzene rings is 5. The average Bonchev–Trinajstić information content (AvgIpc) is 3.27. The summed E-state index contributed by atoms with van der Waals surface area (Å²) in [5, 5.41) is 3.84. The van der Waals surface area contributed by atoms with Gasteiger partial charge in [0, 0.05) is 38.7 Å². The van der Waals surface area contributed by atoms with Crippen molar-refractivity contribution in [1.82, 2.24) is 0 Å². The van der Waals surface area contributed by atoms with Crippen LogP contribution in [0.25, 0.3) is 43.9 Å². The molecule has 0 aliphatic carbocycles. The number of rotatable bonds is 4. The molecule has 0 amide bonds. The summed E-state index contributed by atoms with van der Waals surface area (Å²) < 4.78 is 39.1. The van der Waals surface area contributed by atoms with E-state index < -0.39 is 16.5 Å². The first-order valence-electron chi connectivity index (χ1n) is 15.3. The second-order valence-corrected chi connectivity index (χ2v) is 15.3. The Balaban J connectivity index is 1.43. The molecule has 0 saturated heterocycles. The normalized spacial score (nSPS) is 12.1. The van der Waals surface area contributed by atoms with Crippen molar-refractivity contribution in [2.75, 3.05) is 0 Å². The quantitative estimate of drug-likeness (QED) is 0.189. The second-order valence-electron chi connectivity index (χ2n) is 13.3. The van der Waals surface area contributed by atoms with E-state index in [2.05, 4.69) is 47.6 Å². The van der Waals surface area contributed by atoms with E-state index in [0.29, 0.717) is 33.8 Å². The third-order valence-electron chi connectivity index (χ3n) is 7.86. The van der Waals surface area contributed by atoms with Crippen molar-refractivity contribution in [2.45, 2.75) is 52.4 Å². The van der Waals surface area contributed by atoms with E-state index in [1.807, 2.05) is 103 Å². The van der Waals surface area contributed by atoms with Gasteiger partial charge in [0.2, 0.25) is 0 Å². The fourth-order valence-corrected chi connectivity index (χ4v) is 7.68. The van der Waals surface area contributed by atoms with Gasteiger partial charge in [-0.2, -0.15) is 0 Å². The summed E-state index contributed by atoms with van der Waals surface area (Å²) in [5.41, 5.74) is 4.33. The molecule has 0 aliphatic heterocycles. The molecule has 7 aromatic rings. The average molecular weight is 651 g/mol. The molecule has 0 saturated carbocycles. The van der Waals surface area contributed by atoms with Crippen molar-refractivity contribution in [1.29, 1.82) is 0 Å². The van der Waals surface area contributed by atoms with Crippen LogP contribution in [0.1, 0.15) is 52.7 Å². The highest BCUT2D eigenvalue weighted by atomic mass is 31.1. The molecule has 0 fully saturated rings. The molecule has 5 aromatic carbocycles. The zero-order valence-corrected chi connectivity index (χ0v) is 28.5. The fourth-order valence-electron chi connectivity index (χ4n) is 5.55.